The van der Waals surface area contributed by atoms with E-state index in [-0.39, 0.29) is 23.3 Å². The van der Waals surface area contributed by atoms with Gasteiger partial charge in [0.05, 0.1) is 11.1 Å². The van der Waals surface area contributed by atoms with E-state index in [2.05, 4.69) is 13.0 Å². The third-order valence-corrected chi connectivity index (χ3v) is 8.30. The number of anilines is 1. The first-order valence-electron chi connectivity index (χ1n) is 10.7. The number of benzene rings is 1. The number of hydrogen-bond donors (Lipinski definition) is 0. The van der Waals surface area contributed by atoms with Crippen LogP contribution in [0.25, 0.3) is 10.2 Å². The summed E-state index contributed by atoms with van der Waals surface area (Å²) in [6, 6.07) is 8.27. The van der Waals surface area contributed by atoms with Gasteiger partial charge in [-0.2, -0.15) is 0 Å². The third-order valence-electron chi connectivity index (χ3n) is 6.16. The highest BCUT2D eigenvalue weighted by Crippen LogP contribution is 2.35. The van der Waals surface area contributed by atoms with Crippen LogP contribution >= 0.6 is 23.1 Å². The first-order valence-corrected chi connectivity index (χ1v) is 12.5. The summed E-state index contributed by atoms with van der Waals surface area (Å²) in [6.45, 7) is 4.62. The lowest BCUT2D eigenvalue weighted by Gasteiger charge is -2.22. The maximum atomic E-state index is 13.3. The number of thiophene rings is 1. The van der Waals surface area contributed by atoms with Crippen molar-refractivity contribution < 1.29 is 4.79 Å². The first kappa shape index (κ1) is 19.8. The smallest absolute Gasteiger partial charge is 0.263 e. The molecule has 1 atom stereocenters. The van der Waals surface area contributed by atoms with Crippen LogP contribution in [0.2, 0.25) is 0 Å². The van der Waals surface area contributed by atoms with Crippen molar-refractivity contribution in [1.29, 1.82) is 0 Å². The molecule has 5 nitrogen and oxygen atoms in total. The van der Waals surface area contributed by atoms with Gasteiger partial charge in [-0.15, -0.1) is 11.3 Å². The van der Waals surface area contributed by atoms with E-state index in [0.717, 1.165) is 41.6 Å². The van der Waals surface area contributed by atoms with E-state index in [1.807, 2.05) is 30.0 Å². The molecule has 1 aliphatic carbocycles. The lowest BCUT2D eigenvalue weighted by Crippen LogP contribution is -2.37. The summed E-state index contributed by atoms with van der Waals surface area (Å²) in [5, 5.41) is 1.47. The van der Waals surface area contributed by atoms with Crippen LogP contribution in [0.3, 0.4) is 0 Å². The quantitative estimate of drug-likeness (QED) is 0.446. The Labute approximate surface area is 184 Å². The second-order valence-electron chi connectivity index (χ2n) is 8.07. The molecule has 0 radical (unpaired) electrons. The summed E-state index contributed by atoms with van der Waals surface area (Å²) < 4.78 is 1.74. The molecule has 156 valence electrons. The average Bonchev–Trinajstić information content (AvgIpc) is 3.28. The molecule has 0 fully saturated rings. The fraction of sp³-hybridized carbons (Fsp3) is 0.435. The molecular weight excluding hydrogens is 414 g/mol. The molecule has 1 aliphatic heterocycles. The Balaban J connectivity index is 1.44. The van der Waals surface area contributed by atoms with Gasteiger partial charge in [0.25, 0.3) is 5.56 Å². The number of aryl methyl sites for hydroxylation is 2. The number of hydrogen-bond acceptors (Lipinski definition) is 5. The molecule has 7 heteroatoms. The average molecular weight is 440 g/mol. The van der Waals surface area contributed by atoms with Crippen molar-refractivity contribution in [2.75, 3.05) is 10.7 Å². The zero-order valence-electron chi connectivity index (χ0n) is 17.3. The second kappa shape index (κ2) is 7.85. The van der Waals surface area contributed by atoms with Crippen LogP contribution in [0.15, 0.2) is 34.2 Å². The Hall–Kier alpha value is -2.12. The molecule has 0 spiro atoms. The molecule has 1 amide bonds. The Morgan fingerprint density at radius 1 is 1.27 bits per heavy atom. The summed E-state index contributed by atoms with van der Waals surface area (Å²) in [4.78, 5) is 35.3. The normalized spacial score (nSPS) is 17.9. The predicted octanol–water partition coefficient (Wildman–Crippen LogP) is 4.43. The van der Waals surface area contributed by atoms with Crippen LogP contribution < -0.4 is 10.5 Å². The number of para-hydroxylation sites is 1. The molecule has 0 saturated carbocycles. The van der Waals surface area contributed by atoms with Gasteiger partial charge in [0.2, 0.25) is 5.91 Å². The van der Waals surface area contributed by atoms with Gasteiger partial charge in [-0.05, 0) is 63.1 Å². The number of thioether (sulfide) groups is 1. The highest BCUT2D eigenvalue weighted by molar-refractivity contribution is 7.99. The molecular formula is C23H25N3O2S2. The Bertz CT molecular complexity index is 1200. The Kier molecular flexibility index (Phi) is 5.19. The van der Waals surface area contributed by atoms with Crippen LogP contribution in [-0.4, -0.2) is 27.3 Å². The zero-order chi connectivity index (χ0) is 20.8. The number of aromatic nitrogens is 2. The standard InChI is InChI=1S/C23H25N3O2S2/c1-3-25-22(28)20-16-9-5-7-11-18(16)30-21(20)24-23(25)29-13-19(27)26-14(2)12-15-8-4-6-10-17(15)26/h4,6,8,10,14H,3,5,7,9,11-13H2,1-2H3. The van der Waals surface area contributed by atoms with Gasteiger partial charge >= 0.3 is 0 Å². The summed E-state index contributed by atoms with van der Waals surface area (Å²) in [7, 11) is 0. The lowest BCUT2D eigenvalue weighted by molar-refractivity contribution is -0.116. The Morgan fingerprint density at radius 3 is 2.90 bits per heavy atom. The van der Waals surface area contributed by atoms with Crippen LogP contribution in [0, 0.1) is 0 Å². The highest BCUT2D eigenvalue weighted by Gasteiger charge is 2.31. The summed E-state index contributed by atoms with van der Waals surface area (Å²) >= 11 is 3.05. The summed E-state index contributed by atoms with van der Waals surface area (Å²) in [5.41, 5.74) is 3.50. The van der Waals surface area contributed by atoms with Crippen LogP contribution in [-0.2, 0) is 30.6 Å². The number of nitrogens with zero attached hydrogens (tertiary/aromatic N) is 3. The number of carbonyl (C=O) groups is 1. The molecule has 3 heterocycles. The minimum absolute atomic E-state index is 0.0525. The largest absolute Gasteiger partial charge is 0.308 e. The lowest BCUT2D eigenvalue weighted by atomic mass is 9.97. The van der Waals surface area contributed by atoms with Gasteiger partial charge < -0.3 is 4.90 Å². The van der Waals surface area contributed by atoms with Gasteiger partial charge in [-0.25, -0.2) is 4.98 Å². The van der Waals surface area contributed by atoms with Crippen molar-refractivity contribution in [3.8, 4) is 0 Å². The minimum atomic E-state index is 0.0525. The highest BCUT2D eigenvalue weighted by atomic mass is 32.2. The van der Waals surface area contributed by atoms with Crippen molar-refractivity contribution in [2.45, 2.75) is 63.7 Å². The fourth-order valence-corrected chi connectivity index (χ4v) is 6.98. The molecule has 0 N–H and O–H groups in total. The molecule has 1 aromatic carbocycles. The fourth-order valence-electron chi connectivity index (χ4n) is 4.75. The molecule has 2 aromatic heterocycles. The van der Waals surface area contributed by atoms with Gasteiger partial charge in [0, 0.05) is 23.2 Å². The zero-order valence-corrected chi connectivity index (χ0v) is 18.9. The summed E-state index contributed by atoms with van der Waals surface area (Å²) in [5.74, 6) is 0.349. The molecule has 30 heavy (non-hydrogen) atoms. The van der Waals surface area contributed by atoms with Crippen LogP contribution in [0.4, 0.5) is 5.69 Å². The van der Waals surface area contributed by atoms with E-state index in [1.54, 1.807) is 15.9 Å². The maximum Gasteiger partial charge on any atom is 0.263 e. The van der Waals surface area contributed by atoms with Gasteiger partial charge in [0.1, 0.15) is 4.83 Å². The van der Waals surface area contributed by atoms with E-state index >= 15 is 0 Å². The second-order valence-corrected chi connectivity index (χ2v) is 10.1. The van der Waals surface area contributed by atoms with Crippen LogP contribution in [0.1, 0.15) is 42.7 Å². The van der Waals surface area contributed by atoms with Crippen molar-refractivity contribution in [2.24, 2.45) is 0 Å². The molecule has 5 rings (SSSR count). The van der Waals surface area contributed by atoms with Gasteiger partial charge in [-0.3, -0.25) is 14.2 Å². The molecule has 1 unspecified atom stereocenters. The summed E-state index contributed by atoms with van der Waals surface area (Å²) in [6.07, 6.45) is 5.25. The Morgan fingerprint density at radius 2 is 2.07 bits per heavy atom. The van der Waals surface area contributed by atoms with Crippen LogP contribution in [0.5, 0.6) is 0 Å². The maximum absolute atomic E-state index is 13.3. The van der Waals surface area contributed by atoms with E-state index in [1.165, 1.54) is 34.2 Å². The number of amides is 1. The SMILES string of the molecule is CCn1c(SCC(=O)N2c3ccccc3CC2C)nc2sc3c(c2c1=O)CCCC3. The van der Waals surface area contributed by atoms with E-state index in [9.17, 15) is 9.59 Å². The van der Waals surface area contributed by atoms with Gasteiger partial charge in [-0.1, -0.05) is 30.0 Å². The van der Waals surface area contributed by atoms with Crippen molar-refractivity contribution in [1.82, 2.24) is 9.55 Å². The van der Waals surface area contributed by atoms with E-state index in [0.29, 0.717) is 11.7 Å². The number of fused-ring (bicyclic) bond motifs is 4. The molecule has 2 aliphatic rings. The first-order chi connectivity index (χ1) is 14.6. The molecule has 0 bridgehead atoms. The molecule has 3 aromatic rings. The van der Waals surface area contributed by atoms with E-state index < -0.39 is 0 Å². The third kappa shape index (κ3) is 3.19. The predicted molar refractivity (Wildman–Crippen MR) is 124 cm³/mol. The number of rotatable bonds is 4. The minimum Gasteiger partial charge on any atom is -0.308 e. The monoisotopic (exact) mass is 439 g/mol. The molecule has 0 saturated heterocycles. The van der Waals surface area contributed by atoms with Crippen molar-refractivity contribution in [3.05, 3.63) is 50.6 Å². The van der Waals surface area contributed by atoms with E-state index in [4.69, 9.17) is 4.98 Å². The number of carbonyl (C=O) groups excluding carboxylic acids is 1. The van der Waals surface area contributed by atoms with Gasteiger partial charge in [0.15, 0.2) is 5.16 Å². The van der Waals surface area contributed by atoms with Crippen molar-refractivity contribution in [3.63, 3.8) is 0 Å². The topological polar surface area (TPSA) is 55.2 Å². The van der Waals surface area contributed by atoms with Crippen molar-refractivity contribution >= 4 is 44.9 Å².